The van der Waals surface area contributed by atoms with Crippen molar-refractivity contribution in [3.05, 3.63) is 36.4 Å². The predicted octanol–water partition coefficient (Wildman–Crippen LogP) is 3.17. The summed E-state index contributed by atoms with van der Waals surface area (Å²) in [5.74, 6) is -0.467. The van der Waals surface area contributed by atoms with Crippen LogP contribution in [0.25, 0.3) is 0 Å². The summed E-state index contributed by atoms with van der Waals surface area (Å²) in [7, 11) is 0. The third kappa shape index (κ3) is 4.65. The van der Waals surface area contributed by atoms with Crippen LogP contribution in [0.1, 0.15) is 13.8 Å². The van der Waals surface area contributed by atoms with Gasteiger partial charge in [0.1, 0.15) is 11.5 Å². The van der Waals surface area contributed by atoms with Gasteiger partial charge in [0.05, 0.1) is 9.79 Å². The van der Waals surface area contributed by atoms with Crippen LogP contribution in [-0.2, 0) is 9.59 Å². The molecule has 4 N–H and O–H groups in total. The van der Waals surface area contributed by atoms with Crippen molar-refractivity contribution in [1.29, 1.82) is 0 Å². The molecule has 2 aromatic rings. The minimum atomic E-state index is -0.226. The molecule has 0 aliphatic rings. The van der Waals surface area contributed by atoms with Gasteiger partial charge in [0.15, 0.2) is 0 Å². The van der Waals surface area contributed by atoms with Crippen LogP contribution in [0.5, 0.6) is 11.5 Å². The van der Waals surface area contributed by atoms with Crippen LogP contribution in [0.2, 0.25) is 0 Å². The van der Waals surface area contributed by atoms with Gasteiger partial charge in [0, 0.05) is 37.4 Å². The molecule has 0 saturated carbocycles. The molecule has 2 amide bonds. The minimum Gasteiger partial charge on any atom is -0.507 e. The highest BCUT2D eigenvalue weighted by atomic mass is 32.2. The highest BCUT2D eigenvalue weighted by molar-refractivity contribution is 7.99. The molecule has 0 aliphatic heterocycles. The largest absolute Gasteiger partial charge is 0.507 e. The molecule has 0 saturated heterocycles. The first-order valence-electron chi connectivity index (χ1n) is 6.74. The lowest BCUT2D eigenvalue weighted by Gasteiger charge is -2.10. The summed E-state index contributed by atoms with van der Waals surface area (Å²) >= 11 is 1.17. The molecule has 0 spiro atoms. The van der Waals surface area contributed by atoms with Gasteiger partial charge in [-0.3, -0.25) is 9.59 Å². The smallest absolute Gasteiger partial charge is 0.221 e. The van der Waals surface area contributed by atoms with E-state index in [2.05, 4.69) is 10.6 Å². The second-order valence-corrected chi connectivity index (χ2v) is 5.91. The maximum absolute atomic E-state index is 11.0. The molecule has 6 nitrogen and oxygen atoms in total. The van der Waals surface area contributed by atoms with Gasteiger partial charge in [-0.25, -0.2) is 0 Å². The molecule has 0 aliphatic carbocycles. The molecular formula is C16H16N2O4S. The minimum absolute atomic E-state index is 0.00779. The molecule has 0 bridgehead atoms. The molecule has 0 unspecified atom stereocenters. The van der Waals surface area contributed by atoms with Crippen LogP contribution in [0, 0.1) is 0 Å². The quantitative estimate of drug-likeness (QED) is 0.689. The Bertz CT molecular complexity index is 698. The average Bonchev–Trinajstić information content (AvgIpc) is 2.43. The van der Waals surface area contributed by atoms with E-state index in [9.17, 15) is 19.8 Å². The Morgan fingerprint density at radius 1 is 0.826 bits per heavy atom. The van der Waals surface area contributed by atoms with Gasteiger partial charge >= 0.3 is 0 Å². The second-order valence-electron chi connectivity index (χ2n) is 4.83. The highest BCUT2D eigenvalue weighted by Gasteiger charge is 2.10. The molecule has 0 radical (unpaired) electrons. The molecular weight excluding hydrogens is 316 g/mol. The summed E-state index contributed by atoms with van der Waals surface area (Å²) < 4.78 is 0. The number of rotatable bonds is 4. The Labute approximate surface area is 137 Å². The van der Waals surface area contributed by atoms with Gasteiger partial charge in [-0.1, -0.05) is 11.8 Å². The molecule has 2 aromatic carbocycles. The SMILES string of the molecule is CC(=O)Nc1ccc(Sc2ccc(NC(C)=O)cc2O)c(O)c1. The van der Waals surface area contributed by atoms with E-state index in [1.165, 1.54) is 37.7 Å². The lowest BCUT2D eigenvalue weighted by molar-refractivity contribution is -0.115. The van der Waals surface area contributed by atoms with E-state index in [-0.39, 0.29) is 23.3 Å². The maximum atomic E-state index is 11.0. The van der Waals surface area contributed by atoms with Crippen molar-refractivity contribution >= 4 is 35.0 Å². The number of carbonyl (C=O) groups excluding carboxylic acids is 2. The van der Waals surface area contributed by atoms with E-state index in [0.29, 0.717) is 21.2 Å². The normalized spacial score (nSPS) is 10.2. The van der Waals surface area contributed by atoms with Gasteiger partial charge in [-0.05, 0) is 24.3 Å². The van der Waals surface area contributed by atoms with E-state index in [4.69, 9.17) is 0 Å². The Morgan fingerprint density at radius 2 is 1.22 bits per heavy atom. The van der Waals surface area contributed by atoms with E-state index in [1.807, 2.05) is 0 Å². The standard InChI is InChI=1S/C16H16N2O4S/c1-9(19)17-11-3-5-15(13(21)7-11)23-16-6-4-12(8-14(16)22)18-10(2)20/h3-8,21-22H,1-2H3,(H,17,19)(H,18,20). The number of hydrogen-bond donors (Lipinski definition) is 4. The van der Waals surface area contributed by atoms with Crippen LogP contribution >= 0.6 is 11.8 Å². The first-order valence-corrected chi connectivity index (χ1v) is 7.56. The Hall–Kier alpha value is -2.67. The van der Waals surface area contributed by atoms with Crippen molar-refractivity contribution in [3.63, 3.8) is 0 Å². The van der Waals surface area contributed by atoms with Crippen molar-refractivity contribution in [2.75, 3.05) is 10.6 Å². The van der Waals surface area contributed by atoms with Crippen LogP contribution in [-0.4, -0.2) is 22.0 Å². The van der Waals surface area contributed by atoms with Crippen molar-refractivity contribution in [2.45, 2.75) is 23.6 Å². The number of anilines is 2. The fourth-order valence-electron chi connectivity index (χ4n) is 1.89. The summed E-state index contributed by atoms with van der Waals surface area (Å²) in [6, 6.07) is 9.48. The molecule has 0 aromatic heterocycles. The number of amides is 2. The molecule has 23 heavy (non-hydrogen) atoms. The molecule has 120 valence electrons. The van der Waals surface area contributed by atoms with E-state index in [1.54, 1.807) is 24.3 Å². The number of aromatic hydroxyl groups is 2. The van der Waals surface area contributed by atoms with Crippen LogP contribution in [0.4, 0.5) is 11.4 Å². The zero-order valence-corrected chi connectivity index (χ0v) is 13.4. The molecule has 0 fully saturated rings. The molecule has 7 heteroatoms. The number of carbonyl (C=O) groups is 2. The van der Waals surface area contributed by atoms with Gasteiger partial charge in [-0.2, -0.15) is 0 Å². The van der Waals surface area contributed by atoms with Crippen molar-refractivity contribution in [3.8, 4) is 11.5 Å². The topological polar surface area (TPSA) is 98.7 Å². The number of hydrogen-bond acceptors (Lipinski definition) is 5. The monoisotopic (exact) mass is 332 g/mol. The second kappa shape index (κ2) is 7.06. The first-order chi connectivity index (χ1) is 10.8. The lowest BCUT2D eigenvalue weighted by Crippen LogP contribution is -2.05. The summed E-state index contributed by atoms with van der Waals surface area (Å²) in [6.45, 7) is 2.77. The van der Waals surface area contributed by atoms with Crippen LogP contribution in [0.3, 0.4) is 0 Å². The van der Waals surface area contributed by atoms with Crippen molar-refractivity contribution < 1.29 is 19.8 Å². The van der Waals surface area contributed by atoms with Crippen LogP contribution in [0.15, 0.2) is 46.2 Å². The third-order valence-electron chi connectivity index (χ3n) is 2.78. The number of phenolic OH excluding ortho intramolecular Hbond substituents is 2. The van der Waals surface area contributed by atoms with Crippen molar-refractivity contribution in [2.24, 2.45) is 0 Å². The maximum Gasteiger partial charge on any atom is 0.221 e. The average molecular weight is 332 g/mol. The lowest BCUT2D eigenvalue weighted by atomic mass is 10.3. The summed E-state index contributed by atoms with van der Waals surface area (Å²) in [5.41, 5.74) is 0.981. The van der Waals surface area contributed by atoms with E-state index in [0.717, 1.165) is 0 Å². The Kier molecular flexibility index (Phi) is 5.13. The first kappa shape index (κ1) is 16.7. The molecule has 0 atom stereocenters. The summed E-state index contributed by atoms with van der Waals surface area (Å²) in [4.78, 5) is 23.0. The van der Waals surface area contributed by atoms with Gasteiger partial charge in [-0.15, -0.1) is 0 Å². The number of benzene rings is 2. The zero-order valence-electron chi connectivity index (χ0n) is 12.6. The molecule has 2 rings (SSSR count). The van der Waals surface area contributed by atoms with E-state index < -0.39 is 0 Å². The fourth-order valence-corrected chi connectivity index (χ4v) is 2.72. The zero-order chi connectivity index (χ0) is 17.0. The summed E-state index contributed by atoms with van der Waals surface area (Å²) in [6.07, 6.45) is 0. The van der Waals surface area contributed by atoms with Gasteiger partial charge < -0.3 is 20.8 Å². The third-order valence-corrected chi connectivity index (χ3v) is 3.91. The van der Waals surface area contributed by atoms with Crippen molar-refractivity contribution in [1.82, 2.24) is 0 Å². The fraction of sp³-hybridized carbons (Fsp3) is 0.125. The highest BCUT2D eigenvalue weighted by Crippen LogP contribution is 2.40. The van der Waals surface area contributed by atoms with Gasteiger partial charge in [0.25, 0.3) is 0 Å². The molecule has 0 heterocycles. The predicted molar refractivity (Wildman–Crippen MR) is 88.9 cm³/mol. The number of phenols is 2. The Morgan fingerprint density at radius 3 is 1.52 bits per heavy atom. The summed E-state index contributed by atoms with van der Waals surface area (Å²) in [5, 5.41) is 25.2. The number of nitrogens with one attached hydrogen (secondary N) is 2. The Balaban J connectivity index is 2.18. The van der Waals surface area contributed by atoms with Gasteiger partial charge in [0.2, 0.25) is 11.8 Å². The van der Waals surface area contributed by atoms with Crippen LogP contribution < -0.4 is 10.6 Å². The van der Waals surface area contributed by atoms with E-state index >= 15 is 0 Å².